The van der Waals surface area contributed by atoms with E-state index in [2.05, 4.69) is 9.97 Å². The molecule has 5 heteroatoms. The first kappa shape index (κ1) is 14.0. The molecule has 0 aliphatic carbocycles. The normalized spacial score (nSPS) is 10.8. The monoisotopic (exact) mass is 294 g/mol. The van der Waals surface area contributed by atoms with E-state index < -0.39 is 11.5 Å². The molecule has 3 rings (SSSR count). The van der Waals surface area contributed by atoms with Crippen LogP contribution in [0.2, 0.25) is 0 Å². The zero-order valence-corrected chi connectivity index (χ0v) is 12.2. The van der Waals surface area contributed by atoms with Crippen molar-refractivity contribution in [2.24, 2.45) is 0 Å². The van der Waals surface area contributed by atoms with E-state index in [1.165, 1.54) is 11.6 Å². The Hall–Kier alpha value is -2.95. The molecule has 2 heterocycles. The number of carbonyl (C=O) groups is 1. The van der Waals surface area contributed by atoms with E-state index in [1.807, 2.05) is 38.1 Å². The lowest BCUT2D eigenvalue weighted by atomic mass is 10.0. The summed E-state index contributed by atoms with van der Waals surface area (Å²) in [6.45, 7) is 4.07. The van der Waals surface area contributed by atoms with Gasteiger partial charge in [-0.05, 0) is 49.2 Å². The third-order valence-electron chi connectivity index (χ3n) is 3.74. The molecule has 2 N–H and O–H groups in total. The lowest BCUT2D eigenvalue weighted by molar-refractivity contribution is 0.0695. The van der Waals surface area contributed by atoms with Gasteiger partial charge >= 0.3 is 5.97 Å². The molecule has 22 heavy (non-hydrogen) atoms. The fourth-order valence-electron chi connectivity index (χ4n) is 2.30. The van der Waals surface area contributed by atoms with Crippen LogP contribution < -0.4 is 5.56 Å². The predicted molar refractivity (Wildman–Crippen MR) is 84.2 cm³/mol. The van der Waals surface area contributed by atoms with Gasteiger partial charge in [0.25, 0.3) is 5.56 Å². The highest BCUT2D eigenvalue weighted by atomic mass is 16.4. The zero-order chi connectivity index (χ0) is 15.9. The highest BCUT2D eigenvalue weighted by molar-refractivity contribution is 5.91. The van der Waals surface area contributed by atoms with Crippen molar-refractivity contribution >= 4 is 17.0 Å². The second-order valence-electron chi connectivity index (χ2n) is 5.25. The summed E-state index contributed by atoms with van der Waals surface area (Å²) in [4.78, 5) is 29.7. The Kier molecular flexibility index (Phi) is 3.25. The highest BCUT2D eigenvalue weighted by Gasteiger charge is 2.11. The fraction of sp³-hybridized carbons (Fsp3) is 0.118. The number of aryl methyl sites for hydroxylation is 2. The van der Waals surface area contributed by atoms with Gasteiger partial charge < -0.3 is 10.1 Å². The number of H-pyrrole nitrogens is 1. The van der Waals surface area contributed by atoms with Crippen molar-refractivity contribution in [3.05, 3.63) is 63.4 Å². The molecule has 0 saturated carbocycles. The molecule has 0 spiro atoms. The van der Waals surface area contributed by atoms with Crippen molar-refractivity contribution in [2.75, 3.05) is 0 Å². The number of rotatable bonds is 2. The molecule has 0 bridgehead atoms. The molecule has 0 aliphatic rings. The average molecular weight is 294 g/mol. The number of nitrogens with one attached hydrogen (secondary N) is 1. The van der Waals surface area contributed by atoms with E-state index in [4.69, 9.17) is 5.11 Å². The van der Waals surface area contributed by atoms with Crippen LogP contribution in [-0.2, 0) is 0 Å². The van der Waals surface area contributed by atoms with Gasteiger partial charge in [-0.1, -0.05) is 12.1 Å². The highest BCUT2D eigenvalue weighted by Crippen LogP contribution is 2.22. The number of aromatic nitrogens is 2. The number of aromatic amines is 1. The molecule has 0 saturated heterocycles. The van der Waals surface area contributed by atoms with Gasteiger partial charge in [0, 0.05) is 10.9 Å². The van der Waals surface area contributed by atoms with Crippen LogP contribution in [0.4, 0.5) is 0 Å². The number of hydrogen-bond acceptors (Lipinski definition) is 3. The quantitative estimate of drug-likeness (QED) is 0.761. The van der Waals surface area contributed by atoms with E-state index in [0.29, 0.717) is 11.0 Å². The first-order chi connectivity index (χ1) is 10.5. The van der Waals surface area contributed by atoms with Crippen LogP contribution in [0.3, 0.4) is 0 Å². The van der Waals surface area contributed by atoms with Crippen LogP contribution in [0.15, 0.2) is 41.2 Å². The maximum absolute atomic E-state index is 11.7. The second kappa shape index (κ2) is 5.11. The number of pyridine rings is 2. The van der Waals surface area contributed by atoms with Crippen LogP contribution >= 0.6 is 0 Å². The number of nitrogens with zero attached hydrogens (tertiary/aromatic N) is 1. The maximum atomic E-state index is 11.7. The first-order valence-electron chi connectivity index (χ1n) is 6.81. The molecule has 3 aromatic rings. The molecule has 5 nitrogen and oxygen atoms in total. The van der Waals surface area contributed by atoms with Gasteiger partial charge in [0.1, 0.15) is 11.2 Å². The number of benzene rings is 1. The molecular weight excluding hydrogens is 280 g/mol. The summed E-state index contributed by atoms with van der Waals surface area (Å²) < 4.78 is 0. The van der Waals surface area contributed by atoms with Crippen molar-refractivity contribution in [3.8, 4) is 11.3 Å². The van der Waals surface area contributed by atoms with Gasteiger partial charge in [-0.3, -0.25) is 4.79 Å². The van der Waals surface area contributed by atoms with E-state index >= 15 is 0 Å². The standard InChI is InChI=1S/C17H14N2O3/c1-9-3-4-11(7-10(9)2)14-6-5-12-8-13(17(21)22)16(20)19-15(12)18-14/h3-8H,1-2H3,(H,21,22)(H,18,19,20). The number of carboxylic acid groups (broad SMARTS) is 1. The van der Waals surface area contributed by atoms with Crippen LogP contribution in [-0.4, -0.2) is 21.0 Å². The Morgan fingerprint density at radius 2 is 1.86 bits per heavy atom. The second-order valence-corrected chi connectivity index (χ2v) is 5.25. The van der Waals surface area contributed by atoms with Gasteiger partial charge in [0.05, 0.1) is 5.69 Å². The summed E-state index contributed by atoms with van der Waals surface area (Å²) in [6, 6.07) is 10.9. The predicted octanol–water partition coefficient (Wildman–Crippen LogP) is 2.91. The molecule has 0 aliphatic heterocycles. The number of hydrogen-bond donors (Lipinski definition) is 2. The maximum Gasteiger partial charge on any atom is 0.341 e. The van der Waals surface area contributed by atoms with Gasteiger partial charge in [-0.25, -0.2) is 9.78 Å². The molecule has 0 radical (unpaired) electrons. The third-order valence-corrected chi connectivity index (χ3v) is 3.74. The first-order valence-corrected chi connectivity index (χ1v) is 6.81. The van der Waals surface area contributed by atoms with Crippen molar-refractivity contribution in [1.82, 2.24) is 9.97 Å². The number of carboxylic acids is 1. The fourth-order valence-corrected chi connectivity index (χ4v) is 2.30. The minimum Gasteiger partial charge on any atom is -0.477 e. The van der Waals surface area contributed by atoms with Crippen LogP contribution in [0.1, 0.15) is 21.5 Å². The summed E-state index contributed by atoms with van der Waals surface area (Å²) >= 11 is 0. The Morgan fingerprint density at radius 3 is 2.55 bits per heavy atom. The van der Waals surface area contributed by atoms with E-state index in [-0.39, 0.29) is 5.56 Å². The Labute approximate surface area is 126 Å². The zero-order valence-electron chi connectivity index (χ0n) is 12.2. The van der Waals surface area contributed by atoms with Gasteiger partial charge in [0.15, 0.2) is 0 Å². The molecule has 0 amide bonds. The third kappa shape index (κ3) is 2.37. The summed E-state index contributed by atoms with van der Waals surface area (Å²) in [5.74, 6) is -1.25. The van der Waals surface area contributed by atoms with Gasteiger partial charge in [0.2, 0.25) is 0 Å². The molecule has 0 fully saturated rings. The summed E-state index contributed by atoms with van der Waals surface area (Å²) in [5, 5.41) is 9.56. The Balaban J connectivity index is 2.17. The van der Waals surface area contributed by atoms with Gasteiger partial charge in [-0.15, -0.1) is 0 Å². The van der Waals surface area contributed by atoms with E-state index in [1.54, 1.807) is 6.07 Å². The summed E-state index contributed by atoms with van der Waals surface area (Å²) in [7, 11) is 0. The summed E-state index contributed by atoms with van der Waals surface area (Å²) in [6.07, 6.45) is 0. The topological polar surface area (TPSA) is 83.0 Å². The van der Waals surface area contributed by atoms with Crippen molar-refractivity contribution in [2.45, 2.75) is 13.8 Å². The number of aromatic carboxylic acids is 1. The van der Waals surface area contributed by atoms with Crippen molar-refractivity contribution < 1.29 is 9.90 Å². The molecule has 2 aromatic heterocycles. The lowest BCUT2D eigenvalue weighted by Gasteiger charge is -2.06. The van der Waals surface area contributed by atoms with Gasteiger partial charge in [-0.2, -0.15) is 0 Å². The molecule has 0 atom stereocenters. The van der Waals surface area contributed by atoms with Crippen molar-refractivity contribution in [3.63, 3.8) is 0 Å². The molecule has 110 valence electrons. The summed E-state index contributed by atoms with van der Waals surface area (Å²) in [5.41, 5.74) is 3.49. The average Bonchev–Trinajstić information content (AvgIpc) is 2.48. The number of fused-ring (bicyclic) bond motifs is 1. The minimum absolute atomic E-state index is 0.284. The largest absolute Gasteiger partial charge is 0.477 e. The van der Waals surface area contributed by atoms with E-state index in [9.17, 15) is 9.59 Å². The lowest BCUT2D eigenvalue weighted by Crippen LogP contribution is -2.17. The Morgan fingerprint density at radius 1 is 1.09 bits per heavy atom. The molecule has 0 unspecified atom stereocenters. The van der Waals surface area contributed by atoms with Crippen LogP contribution in [0, 0.1) is 13.8 Å². The smallest absolute Gasteiger partial charge is 0.341 e. The minimum atomic E-state index is -1.25. The Bertz CT molecular complexity index is 958. The molecule has 1 aromatic carbocycles. The van der Waals surface area contributed by atoms with E-state index in [0.717, 1.165) is 16.8 Å². The molecular formula is C17H14N2O3. The van der Waals surface area contributed by atoms with Crippen LogP contribution in [0.5, 0.6) is 0 Å². The SMILES string of the molecule is Cc1ccc(-c2ccc3cc(C(=O)O)c(=O)[nH]c3n2)cc1C. The van der Waals surface area contributed by atoms with Crippen LogP contribution in [0.25, 0.3) is 22.3 Å². The van der Waals surface area contributed by atoms with Crippen molar-refractivity contribution in [1.29, 1.82) is 0 Å².